The predicted molar refractivity (Wildman–Crippen MR) is 108 cm³/mol. The number of esters is 2. The van der Waals surface area contributed by atoms with E-state index in [2.05, 4.69) is 0 Å². The lowest BCUT2D eigenvalue weighted by molar-refractivity contribution is -0.128. The molecule has 0 heterocycles. The summed E-state index contributed by atoms with van der Waals surface area (Å²) in [5.41, 5.74) is 13.3. The second-order valence-corrected chi connectivity index (χ2v) is 5.88. The molecule has 0 aliphatic carbocycles. The largest absolute Gasteiger partial charge is 0.423 e. The number of ether oxygens (including phenoxy) is 2. The van der Waals surface area contributed by atoms with E-state index in [4.69, 9.17) is 20.9 Å². The summed E-state index contributed by atoms with van der Waals surface area (Å²) < 4.78 is 10.5. The third kappa shape index (κ3) is 4.98. The van der Waals surface area contributed by atoms with E-state index in [1.165, 1.54) is 18.2 Å². The number of nitrogen functional groups attached to an aromatic ring is 2. The Labute approximate surface area is 162 Å². The van der Waals surface area contributed by atoms with Gasteiger partial charge in [-0.15, -0.1) is 0 Å². The van der Waals surface area contributed by atoms with E-state index >= 15 is 0 Å². The highest BCUT2D eigenvalue weighted by atomic mass is 16.5. The fourth-order valence-electron chi connectivity index (χ4n) is 2.35. The molecule has 0 radical (unpaired) electrons. The van der Waals surface area contributed by atoms with Crippen molar-refractivity contribution in [2.75, 3.05) is 11.5 Å². The highest BCUT2D eigenvalue weighted by molar-refractivity contribution is 5.91. The number of anilines is 2. The van der Waals surface area contributed by atoms with Crippen LogP contribution in [0.2, 0.25) is 0 Å². The van der Waals surface area contributed by atoms with Crippen LogP contribution < -0.4 is 20.9 Å². The van der Waals surface area contributed by atoms with Gasteiger partial charge >= 0.3 is 11.9 Å². The molecule has 3 rings (SSSR count). The Morgan fingerprint density at radius 1 is 0.821 bits per heavy atom. The second-order valence-electron chi connectivity index (χ2n) is 5.88. The molecular formula is C22H18N2O4. The lowest BCUT2D eigenvalue weighted by Crippen LogP contribution is -2.08. The van der Waals surface area contributed by atoms with Gasteiger partial charge in [-0.25, -0.2) is 9.59 Å². The van der Waals surface area contributed by atoms with Gasteiger partial charge in [0.25, 0.3) is 0 Å². The first-order chi connectivity index (χ1) is 13.5. The normalized spacial score (nSPS) is 10.6. The van der Waals surface area contributed by atoms with Gasteiger partial charge in [0.1, 0.15) is 5.75 Å². The SMILES string of the molecule is Nc1ccc(OC(=O)C=Cc2ccc(OC(=O)c3ccccc3)cc2)c(N)c1. The van der Waals surface area contributed by atoms with Crippen LogP contribution in [0.4, 0.5) is 11.4 Å². The summed E-state index contributed by atoms with van der Waals surface area (Å²) in [7, 11) is 0. The van der Waals surface area contributed by atoms with Gasteiger partial charge in [-0.1, -0.05) is 30.3 Å². The molecule has 4 N–H and O–H groups in total. The van der Waals surface area contributed by atoms with E-state index in [-0.39, 0.29) is 11.4 Å². The standard InChI is InChI=1S/C22H18N2O4/c23-17-9-12-20(19(24)14-17)28-21(25)13-8-15-6-10-18(11-7-15)27-22(26)16-4-2-1-3-5-16/h1-14H,23-24H2. The van der Waals surface area contributed by atoms with Crippen molar-refractivity contribution in [3.8, 4) is 11.5 Å². The molecule has 0 saturated carbocycles. The molecule has 0 fully saturated rings. The van der Waals surface area contributed by atoms with Crippen LogP contribution in [-0.2, 0) is 4.79 Å². The molecule has 3 aromatic rings. The van der Waals surface area contributed by atoms with Gasteiger partial charge in [-0.2, -0.15) is 0 Å². The molecule has 3 aromatic carbocycles. The van der Waals surface area contributed by atoms with Crippen molar-refractivity contribution in [3.63, 3.8) is 0 Å². The van der Waals surface area contributed by atoms with Crippen LogP contribution >= 0.6 is 0 Å². The molecule has 0 atom stereocenters. The minimum atomic E-state index is -0.573. The molecule has 6 nitrogen and oxygen atoms in total. The van der Waals surface area contributed by atoms with E-state index in [1.54, 1.807) is 60.7 Å². The van der Waals surface area contributed by atoms with E-state index < -0.39 is 11.9 Å². The maximum atomic E-state index is 12.0. The van der Waals surface area contributed by atoms with Crippen LogP contribution in [0.15, 0.2) is 78.9 Å². The van der Waals surface area contributed by atoms with Gasteiger partial charge in [-0.05, 0) is 54.1 Å². The quantitative estimate of drug-likeness (QED) is 0.305. The average Bonchev–Trinajstić information content (AvgIpc) is 2.70. The fourth-order valence-corrected chi connectivity index (χ4v) is 2.35. The van der Waals surface area contributed by atoms with Gasteiger partial charge in [0.15, 0.2) is 5.75 Å². The van der Waals surface area contributed by atoms with E-state index in [1.807, 2.05) is 6.07 Å². The highest BCUT2D eigenvalue weighted by Gasteiger charge is 2.08. The summed E-state index contributed by atoms with van der Waals surface area (Å²) in [6.45, 7) is 0. The monoisotopic (exact) mass is 374 g/mol. The Morgan fingerprint density at radius 2 is 1.54 bits per heavy atom. The molecule has 0 aliphatic heterocycles. The van der Waals surface area contributed by atoms with Gasteiger partial charge in [0.2, 0.25) is 0 Å². The minimum absolute atomic E-state index is 0.243. The second kappa shape index (κ2) is 8.55. The van der Waals surface area contributed by atoms with Crippen molar-refractivity contribution in [1.82, 2.24) is 0 Å². The molecule has 0 aliphatic rings. The maximum Gasteiger partial charge on any atom is 0.343 e. The van der Waals surface area contributed by atoms with E-state index in [0.29, 0.717) is 17.0 Å². The molecule has 6 heteroatoms. The summed E-state index contributed by atoms with van der Waals surface area (Å²) in [5, 5.41) is 0. The van der Waals surface area contributed by atoms with Crippen molar-refractivity contribution in [1.29, 1.82) is 0 Å². The maximum absolute atomic E-state index is 12.0. The summed E-state index contributed by atoms with van der Waals surface area (Å²) >= 11 is 0. The van der Waals surface area contributed by atoms with Crippen molar-refractivity contribution < 1.29 is 19.1 Å². The fraction of sp³-hybridized carbons (Fsp3) is 0. The number of hydrogen-bond acceptors (Lipinski definition) is 6. The van der Waals surface area contributed by atoms with Crippen molar-refractivity contribution in [2.45, 2.75) is 0 Å². The number of rotatable bonds is 5. The number of carbonyl (C=O) groups is 2. The smallest absolute Gasteiger partial charge is 0.343 e. The predicted octanol–water partition coefficient (Wildman–Crippen LogP) is 3.69. The molecule has 0 unspecified atom stereocenters. The topological polar surface area (TPSA) is 105 Å². The Bertz CT molecular complexity index is 1010. The molecule has 140 valence electrons. The van der Waals surface area contributed by atoms with Crippen LogP contribution in [-0.4, -0.2) is 11.9 Å². The average molecular weight is 374 g/mol. The van der Waals surface area contributed by atoms with Crippen molar-refractivity contribution in [3.05, 3.63) is 90.0 Å². The number of hydrogen-bond donors (Lipinski definition) is 2. The zero-order chi connectivity index (χ0) is 19.9. The minimum Gasteiger partial charge on any atom is -0.423 e. The third-order valence-corrected chi connectivity index (χ3v) is 3.76. The Morgan fingerprint density at radius 3 is 2.21 bits per heavy atom. The lowest BCUT2D eigenvalue weighted by atomic mass is 10.2. The van der Waals surface area contributed by atoms with Crippen LogP contribution in [0, 0.1) is 0 Å². The zero-order valence-corrected chi connectivity index (χ0v) is 14.9. The summed E-state index contributed by atoms with van der Waals surface area (Å²) in [6, 6.07) is 20.1. The molecule has 0 aromatic heterocycles. The lowest BCUT2D eigenvalue weighted by Gasteiger charge is -2.06. The number of carbonyl (C=O) groups excluding carboxylic acids is 2. The first-order valence-electron chi connectivity index (χ1n) is 8.43. The summed E-state index contributed by atoms with van der Waals surface area (Å²) in [6.07, 6.45) is 2.86. The van der Waals surface area contributed by atoms with E-state index in [9.17, 15) is 9.59 Å². The van der Waals surface area contributed by atoms with Gasteiger partial charge in [0.05, 0.1) is 11.3 Å². The third-order valence-electron chi connectivity index (χ3n) is 3.76. The van der Waals surface area contributed by atoms with Gasteiger partial charge in [0, 0.05) is 11.8 Å². The first-order valence-corrected chi connectivity index (χ1v) is 8.43. The summed E-state index contributed by atoms with van der Waals surface area (Å²) in [5.74, 6) is -0.361. The Hall–Kier alpha value is -4.06. The molecule has 0 amide bonds. The number of benzene rings is 3. The molecule has 0 bridgehead atoms. The van der Waals surface area contributed by atoms with Crippen LogP contribution in [0.3, 0.4) is 0 Å². The Kier molecular flexibility index (Phi) is 5.72. The van der Waals surface area contributed by atoms with E-state index in [0.717, 1.165) is 5.56 Å². The van der Waals surface area contributed by atoms with Crippen molar-refractivity contribution >= 4 is 29.4 Å². The van der Waals surface area contributed by atoms with Crippen LogP contribution in [0.5, 0.6) is 11.5 Å². The summed E-state index contributed by atoms with van der Waals surface area (Å²) in [4.78, 5) is 23.9. The van der Waals surface area contributed by atoms with Crippen LogP contribution in [0.25, 0.3) is 6.08 Å². The molecular weight excluding hydrogens is 356 g/mol. The van der Waals surface area contributed by atoms with Crippen LogP contribution in [0.1, 0.15) is 15.9 Å². The Balaban J connectivity index is 1.59. The molecule has 0 saturated heterocycles. The molecule has 0 spiro atoms. The first kappa shape index (κ1) is 18.7. The van der Waals surface area contributed by atoms with Crippen molar-refractivity contribution in [2.24, 2.45) is 0 Å². The van der Waals surface area contributed by atoms with Gasteiger partial charge < -0.3 is 20.9 Å². The number of nitrogens with two attached hydrogens (primary N) is 2. The van der Waals surface area contributed by atoms with Gasteiger partial charge in [-0.3, -0.25) is 0 Å². The zero-order valence-electron chi connectivity index (χ0n) is 14.9. The highest BCUT2D eigenvalue weighted by Crippen LogP contribution is 2.23. The molecule has 28 heavy (non-hydrogen) atoms.